The number of ether oxygens (including phenoxy) is 1. The standard InChI is InChI=1S/C12H13ClN2OS/c1-16-8-2-3-10(11(13)6-8)12-7-9(4-5-14)17-15-12/h2-3,6-7H,4-5,14H2,1H3. The average Bonchev–Trinajstić information content (AvgIpc) is 2.78. The first kappa shape index (κ1) is 12.4. The molecular formula is C12H13ClN2OS. The SMILES string of the molecule is COc1ccc(-c2cc(CCN)sn2)c(Cl)c1. The van der Waals surface area contributed by atoms with E-state index in [-0.39, 0.29) is 0 Å². The van der Waals surface area contributed by atoms with E-state index in [9.17, 15) is 0 Å². The van der Waals surface area contributed by atoms with Gasteiger partial charge in [0.25, 0.3) is 0 Å². The highest BCUT2D eigenvalue weighted by molar-refractivity contribution is 7.06. The van der Waals surface area contributed by atoms with E-state index >= 15 is 0 Å². The van der Waals surface area contributed by atoms with E-state index in [1.54, 1.807) is 13.2 Å². The molecule has 5 heteroatoms. The Morgan fingerprint density at radius 1 is 1.41 bits per heavy atom. The number of rotatable bonds is 4. The molecule has 0 amide bonds. The second-order valence-corrected chi connectivity index (χ2v) is 4.86. The van der Waals surface area contributed by atoms with Crippen molar-refractivity contribution in [2.45, 2.75) is 6.42 Å². The molecule has 1 aromatic heterocycles. The molecule has 0 unspecified atom stereocenters. The fourth-order valence-corrected chi connectivity index (χ4v) is 2.54. The van der Waals surface area contributed by atoms with Gasteiger partial charge >= 0.3 is 0 Å². The van der Waals surface area contributed by atoms with E-state index < -0.39 is 0 Å². The Morgan fingerprint density at radius 3 is 2.88 bits per heavy atom. The molecule has 0 saturated carbocycles. The van der Waals surface area contributed by atoms with Gasteiger partial charge in [-0.25, -0.2) is 0 Å². The molecule has 17 heavy (non-hydrogen) atoms. The number of hydrogen-bond donors (Lipinski definition) is 1. The molecule has 2 rings (SSSR count). The van der Waals surface area contributed by atoms with E-state index in [0.717, 1.165) is 23.4 Å². The summed E-state index contributed by atoms with van der Waals surface area (Å²) in [5, 5.41) is 0.647. The van der Waals surface area contributed by atoms with Gasteiger partial charge in [0.1, 0.15) is 5.75 Å². The van der Waals surface area contributed by atoms with Gasteiger partial charge in [0, 0.05) is 10.4 Å². The zero-order valence-corrected chi connectivity index (χ0v) is 11.0. The topological polar surface area (TPSA) is 48.1 Å². The predicted octanol–water partition coefficient (Wildman–Crippen LogP) is 2.97. The van der Waals surface area contributed by atoms with Gasteiger partial charge in [0.05, 0.1) is 17.8 Å². The number of aromatic nitrogens is 1. The molecule has 2 aromatic rings. The molecule has 0 saturated heterocycles. The summed E-state index contributed by atoms with van der Waals surface area (Å²) in [5.74, 6) is 0.746. The quantitative estimate of drug-likeness (QED) is 0.927. The first-order chi connectivity index (χ1) is 8.24. The average molecular weight is 269 g/mol. The summed E-state index contributed by atoms with van der Waals surface area (Å²) < 4.78 is 9.49. The first-order valence-electron chi connectivity index (χ1n) is 5.24. The van der Waals surface area contributed by atoms with Crippen LogP contribution in [0.2, 0.25) is 5.02 Å². The lowest BCUT2D eigenvalue weighted by molar-refractivity contribution is 0.415. The van der Waals surface area contributed by atoms with Crippen LogP contribution in [0.15, 0.2) is 24.3 Å². The summed E-state index contributed by atoms with van der Waals surface area (Å²) in [4.78, 5) is 1.18. The minimum atomic E-state index is 0.637. The lowest BCUT2D eigenvalue weighted by Gasteiger charge is -2.03. The van der Waals surface area contributed by atoms with Crippen molar-refractivity contribution in [1.82, 2.24) is 4.37 Å². The first-order valence-corrected chi connectivity index (χ1v) is 6.39. The molecule has 3 nitrogen and oxygen atoms in total. The zero-order valence-electron chi connectivity index (χ0n) is 9.44. The molecule has 0 aliphatic heterocycles. The number of hydrogen-bond acceptors (Lipinski definition) is 4. The monoisotopic (exact) mass is 268 g/mol. The van der Waals surface area contributed by atoms with Gasteiger partial charge < -0.3 is 10.5 Å². The smallest absolute Gasteiger partial charge is 0.120 e. The molecule has 1 heterocycles. The molecule has 0 bridgehead atoms. The third kappa shape index (κ3) is 2.77. The highest BCUT2D eigenvalue weighted by atomic mass is 35.5. The van der Waals surface area contributed by atoms with Gasteiger partial charge in [0.2, 0.25) is 0 Å². The Labute approximate surface area is 109 Å². The van der Waals surface area contributed by atoms with Gasteiger partial charge in [-0.2, -0.15) is 4.37 Å². The van der Waals surface area contributed by atoms with Gasteiger partial charge in [-0.05, 0) is 48.8 Å². The summed E-state index contributed by atoms with van der Waals surface area (Å²) >= 11 is 7.66. The van der Waals surface area contributed by atoms with Crippen LogP contribution in [-0.4, -0.2) is 18.0 Å². The summed E-state index contributed by atoms with van der Waals surface area (Å²) in [5.41, 5.74) is 7.33. The molecule has 2 N–H and O–H groups in total. The van der Waals surface area contributed by atoms with Crippen LogP contribution in [0.1, 0.15) is 4.88 Å². The molecular weight excluding hydrogens is 256 g/mol. The zero-order chi connectivity index (χ0) is 12.3. The molecule has 0 spiro atoms. The van der Waals surface area contributed by atoms with Gasteiger partial charge in [-0.1, -0.05) is 11.6 Å². The summed E-state index contributed by atoms with van der Waals surface area (Å²) in [6.45, 7) is 0.637. The minimum absolute atomic E-state index is 0.637. The maximum Gasteiger partial charge on any atom is 0.120 e. The van der Waals surface area contributed by atoms with Crippen molar-refractivity contribution in [1.29, 1.82) is 0 Å². The molecule has 0 radical (unpaired) electrons. The van der Waals surface area contributed by atoms with Crippen LogP contribution in [0.4, 0.5) is 0 Å². The normalized spacial score (nSPS) is 10.5. The summed E-state index contributed by atoms with van der Waals surface area (Å²) in [7, 11) is 1.62. The summed E-state index contributed by atoms with van der Waals surface area (Å²) in [6, 6.07) is 7.62. The van der Waals surface area contributed by atoms with Crippen molar-refractivity contribution in [3.8, 4) is 17.0 Å². The third-order valence-corrected chi connectivity index (χ3v) is 3.56. The van der Waals surface area contributed by atoms with E-state index in [1.807, 2.05) is 18.2 Å². The van der Waals surface area contributed by atoms with E-state index in [4.69, 9.17) is 22.1 Å². The van der Waals surface area contributed by atoms with Gasteiger partial charge in [-0.3, -0.25) is 0 Å². The number of halogens is 1. The lowest BCUT2D eigenvalue weighted by atomic mass is 10.1. The van der Waals surface area contributed by atoms with Crippen LogP contribution in [0, 0.1) is 0 Å². The fraction of sp³-hybridized carbons (Fsp3) is 0.250. The maximum atomic E-state index is 6.19. The molecule has 90 valence electrons. The molecule has 0 aliphatic rings. The Bertz CT molecular complexity index is 513. The van der Waals surface area contributed by atoms with E-state index in [2.05, 4.69) is 4.37 Å². The van der Waals surface area contributed by atoms with Crippen LogP contribution < -0.4 is 10.5 Å². The van der Waals surface area contributed by atoms with Crippen molar-refractivity contribution in [2.75, 3.05) is 13.7 Å². The molecule has 0 fully saturated rings. The minimum Gasteiger partial charge on any atom is -0.497 e. The Balaban J connectivity index is 2.32. The van der Waals surface area contributed by atoms with Crippen molar-refractivity contribution >= 4 is 23.1 Å². The second-order valence-electron chi connectivity index (χ2n) is 3.56. The van der Waals surface area contributed by atoms with Crippen LogP contribution in [0.5, 0.6) is 5.75 Å². The van der Waals surface area contributed by atoms with E-state index in [1.165, 1.54) is 16.4 Å². The van der Waals surface area contributed by atoms with Crippen molar-refractivity contribution < 1.29 is 4.74 Å². The fourth-order valence-electron chi connectivity index (χ4n) is 1.53. The Kier molecular flexibility index (Phi) is 3.99. The lowest BCUT2D eigenvalue weighted by Crippen LogP contribution is -2.00. The van der Waals surface area contributed by atoms with Crippen molar-refractivity contribution in [3.05, 3.63) is 34.2 Å². The van der Waals surface area contributed by atoms with Crippen molar-refractivity contribution in [3.63, 3.8) is 0 Å². The van der Waals surface area contributed by atoms with Crippen LogP contribution >= 0.6 is 23.1 Å². The van der Waals surface area contributed by atoms with Gasteiger partial charge in [0.15, 0.2) is 0 Å². The van der Waals surface area contributed by atoms with Crippen molar-refractivity contribution in [2.24, 2.45) is 5.73 Å². The largest absolute Gasteiger partial charge is 0.497 e. The third-order valence-electron chi connectivity index (χ3n) is 2.40. The maximum absolute atomic E-state index is 6.19. The number of benzene rings is 1. The Morgan fingerprint density at radius 2 is 2.24 bits per heavy atom. The van der Waals surface area contributed by atoms with Gasteiger partial charge in [-0.15, -0.1) is 0 Å². The highest BCUT2D eigenvalue weighted by Crippen LogP contribution is 2.31. The second kappa shape index (κ2) is 5.49. The number of methoxy groups -OCH3 is 1. The van der Waals surface area contributed by atoms with Crippen LogP contribution in [0.3, 0.4) is 0 Å². The molecule has 0 aliphatic carbocycles. The highest BCUT2D eigenvalue weighted by Gasteiger charge is 2.09. The predicted molar refractivity (Wildman–Crippen MR) is 71.9 cm³/mol. The number of nitrogens with two attached hydrogens (primary N) is 1. The molecule has 1 aromatic carbocycles. The molecule has 0 atom stereocenters. The van der Waals surface area contributed by atoms with Crippen LogP contribution in [0.25, 0.3) is 11.3 Å². The van der Waals surface area contributed by atoms with E-state index in [0.29, 0.717) is 11.6 Å². The van der Waals surface area contributed by atoms with Crippen LogP contribution in [-0.2, 0) is 6.42 Å². The summed E-state index contributed by atoms with van der Waals surface area (Å²) in [6.07, 6.45) is 0.853. The number of nitrogens with zero attached hydrogens (tertiary/aromatic N) is 1. The Hall–Kier alpha value is -1.10.